The summed E-state index contributed by atoms with van der Waals surface area (Å²) in [4.78, 5) is 11.3. The Balaban J connectivity index is 2.07. The van der Waals surface area contributed by atoms with Crippen LogP contribution in [-0.2, 0) is 27.8 Å². The number of carboxylic acid groups (broad SMARTS) is 1. The van der Waals surface area contributed by atoms with Crippen molar-refractivity contribution in [1.29, 1.82) is 0 Å². The highest BCUT2D eigenvalue weighted by molar-refractivity contribution is 7.85. The molecule has 3 nitrogen and oxygen atoms in total. The maximum Gasteiger partial charge on any atom is 0.319 e. The number of hydrogen-bond donors (Lipinski definition) is 1. The van der Waals surface area contributed by atoms with Gasteiger partial charge in [-0.25, -0.2) is 0 Å². The molecule has 0 bridgehead atoms. The molecule has 0 aliphatic rings. The summed E-state index contributed by atoms with van der Waals surface area (Å²) in [5.74, 6) is -0.703. The number of thiophene rings is 1. The number of carboxylic acids is 1. The molecule has 1 heterocycles. The molecule has 1 N–H and O–H groups in total. The van der Waals surface area contributed by atoms with E-state index in [2.05, 4.69) is 0 Å². The molecule has 2 unspecified atom stereocenters. The van der Waals surface area contributed by atoms with Crippen LogP contribution in [-0.4, -0.2) is 20.5 Å². The first-order chi connectivity index (χ1) is 9.16. The number of hydrogen-bond acceptors (Lipinski definition) is 3. The summed E-state index contributed by atoms with van der Waals surface area (Å²) < 4.78 is 12.2. The Morgan fingerprint density at radius 3 is 2.53 bits per heavy atom. The molecule has 0 saturated heterocycles. The average Bonchev–Trinajstić information content (AvgIpc) is 2.89. The Bertz CT molecular complexity index is 549. The molecule has 2 atom stereocenters. The molecule has 2 rings (SSSR count). The van der Waals surface area contributed by atoms with E-state index in [1.54, 1.807) is 0 Å². The number of aliphatic carboxylic acids is 1. The van der Waals surface area contributed by atoms with Crippen molar-refractivity contribution in [1.82, 2.24) is 0 Å². The molecule has 0 saturated carbocycles. The fraction of sp³-hybridized carbons (Fsp3) is 0.214. The topological polar surface area (TPSA) is 54.4 Å². The second-order valence-electron chi connectivity index (χ2n) is 4.17. The molecule has 5 heteroatoms. The van der Waals surface area contributed by atoms with Crippen LogP contribution in [0.5, 0.6) is 0 Å². The fourth-order valence-corrected chi connectivity index (χ4v) is 3.85. The van der Waals surface area contributed by atoms with Gasteiger partial charge in [0.25, 0.3) is 0 Å². The predicted octanol–water partition coefficient (Wildman–Crippen LogP) is 2.69. The van der Waals surface area contributed by atoms with Crippen molar-refractivity contribution in [2.45, 2.75) is 17.4 Å². The molecule has 0 fully saturated rings. The van der Waals surface area contributed by atoms with Crippen molar-refractivity contribution in [3.63, 3.8) is 0 Å². The van der Waals surface area contributed by atoms with Crippen LogP contribution in [0.15, 0.2) is 47.2 Å². The maximum atomic E-state index is 12.2. The number of benzene rings is 1. The van der Waals surface area contributed by atoms with Crippen molar-refractivity contribution >= 4 is 28.1 Å². The molecule has 100 valence electrons. The summed E-state index contributed by atoms with van der Waals surface area (Å²) in [5.41, 5.74) is 1.83. The van der Waals surface area contributed by atoms with Crippen LogP contribution >= 0.6 is 11.3 Å². The second-order valence-corrected chi connectivity index (χ2v) is 6.57. The summed E-state index contributed by atoms with van der Waals surface area (Å²) in [5, 5.41) is 12.2. The predicted molar refractivity (Wildman–Crippen MR) is 77.7 cm³/mol. The third-order valence-electron chi connectivity index (χ3n) is 2.75. The van der Waals surface area contributed by atoms with Gasteiger partial charge in [-0.05, 0) is 34.4 Å². The lowest BCUT2D eigenvalue weighted by Gasteiger charge is -2.11. The van der Waals surface area contributed by atoms with Crippen LogP contribution in [0.3, 0.4) is 0 Å². The highest BCUT2D eigenvalue weighted by Gasteiger charge is 2.25. The summed E-state index contributed by atoms with van der Waals surface area (Å²) in [6.07, 6.45) is 0.299. The molecule has 0 aliphatic heterocycles. The second kappa shape index (κ2) is 6.63. The van der Waals surface area contributed by atoms with Gasteiger partial charge in [0, 0.05) is 10.8 Å². The Kier molecular flexibility index (Phi) is 4.87. The van der Waals surface area contributed by atoms with Gasteiger partial charge < -0.3 is 5.11 Å². The molecule has 2 aromatic rings. The minimum absolute atomic E-state index is 0.299. The van der Waals surface area contributed by atoms with Gasteiger partial charge in [0.05, 0.1) is 5.75 Å². The van der Waals surface area contributed by atoms with E-state index in [4.69, 9.17) is 0 Å². The lowest BCUT2D eigenvalue weighted by molar-refractivity contribution is -0.136. The van der Waals surface area contributed by atoms with E-state index in [1.165, 1.54) is 11.3 Å². The Morgan fingerprint density at radius 1 is 1.21 bits per heavy atom. The van der Waals surface area contributed by atoms with E-state index < -0.39 is 22.0 Å². The molecule has 0 radical (unpaired) electrons. The molecule has 0 amide bonds. The zero-order valence-corrected chi connectivity index (χ0v) is 11.8. The van der Waals surface area contributed by atoms with Crippen LogP contribution in [0.4, 0.5) is 0 Å². The normalized spacial score (nSPS) is 13.9. The molecule has 0 spiro atoms. The Labute approximate surface area is 118 Å². The third kappa shape index (κ3) is 4.01. The van der Waals surface area contributed by atoms with E-state index in [-0.39, 0.29) is 0 Å². The average molecular weight is 294 g/mol. The van der Waals surface area contributed by atoms with E-state index in [0.717, 1.165) is 11.1 Å². The molecule has 0 aliphatic carbocycles. The van der Waals surface area contributed by atoms with Gasteiger partial charge in [-0.1, -0.05) is 30.3 Å². The largest absolute Gasteiger partial charge is 0.480 e. The van der Waals surface area contributed by atoms with Gasteiger partial charge in [0.2, 0.25) is 0 Å². The SMILES string of the molecule is O=C(O)C(Cc1ccccc1)S(=O)Cc1ccsc1. The van der Waals surface area contributed by atoms with Crippen LogP contribution in [0.25, 0.3) is 0 Å². The standard InChI is InChI=1S/C14H14O3S2/c15-14(16)13(8-11-4-2-1-3-5-11)19(17)10-12-6-7-18-9-12/h1-7,9,13H,8,10H2,(H,15,16). The monoisotopic (exact) mass is 294 g/mol. The molecule has 19 heavy (non-hydrogen) atoms. The zero-order chi connectivity index (χ0) is 13.7. The maximum absolute atomic E-state index is 12.2. The first kappa shape index (κ1) is 14.0. The van der Waals surface area contributed by atoms with E-state index in [1.807, 2.05) is 47.2 Å². The summed E-state index contributed by atoms with van der Waals surface area (Å²) in [6.45, 7) is 0. The van der Waals surface area contributed by atoms with Gasteiger partial charge in [-0.3, -0.25) is 9.00 Å². The van der Waals surface area contributed by atoms with Crippen molar-refractivity contribution in [3.8, 4) is 0 Å². The first-order valence-electron chi connectivity index (χ1n) is 5.82. The smallest absolute Gasteiger partial charge is 0.319 e. The molecule has 1 aromatic heterocycles. The number of carbonyl (C=O) groups is 1. The van der Waals surface area contributed by atoms with Crippen LogP contribution in [0.1, 0.15) is 11.1 Å². The highest BCUT2D eigenvalue weighted by Crippen LogP contribution is 2.14. The van der Waals surface area contributed by atoms with Crippen LogP contribution < -0.4 is 0 Å². The van der Waals surface area contributed by atoms with E-state index >= 15 is 0 Å². The Hall–Kier alpha value is -1.46. The highest BCUT2D eigenvalue weighted by atomic mass is 32.2. The third-order valence-corrected chi connectivity index (χ3v) is 5.10. The quantitative estimate of drug-likeness (QED) is 0.891. The Morgan fingerprint density at radius 2 is 1.95 bits per heavy atom. The lowest BCUT2D eigenvalue weighted by Crippen LogP contribution is -2.28. The molecular formula is C14H14O3S2. The number of rotatable bonds is 6. The van der Waals surface area contributed by atoms with Crippen molar-refractivity contribution in [2.75, 3.05) is 0 Å². The zero-order valence-electron chi connectivity index (χ0n) is 10.2. The van der Waals surface area contributed by atoms with Gasteiger partial charge in [0.1, 0.15) is 5.25 Å². The molecular weight excluding hydrogens is 280 g/mol. The fourth-order valence-electron chi connectivity index (χ4n) is 1.76. The lowest BCUT2D eigenvalue weighted by atomic mass is 10.1. The summed E-state index contributed by atoms with van der Waals surface area (Å²) >= 11 is 1.52. The minimum atomic E-state index is -1.41. The minimum Gasteiger partial charge on any atom is -0.480 e. The van der Waals surface area contributed by atoms with Gasteiger partial charge in [0.15, 0.2) is 0 Å². The van der Waals surface area contributed by atoms with Gasteiger partial charge in [-0.15, -0.1) is 0 Å². The van der Waals surface area contributed by atoms with Gasteiger partial charge in [-0.2, -0.15) is 11.3 Å². The summed E-state index contributed by atoms with van der Waals surface area (Å²) in [6, 6.07) is 11.2. The first-order valence-corrected chi connectivity index (χ1v) is 8.14. The van der Waals surface area contributed by atoms with Crippen molar-refractivity contribution in [2.24, 2.45) is 0 Å². The van der Waals surface area contributed by atoms with Gasteiger partial charge >= 0.3 is 5.97 Å². The molecule has 1 aromatic carbocycles. The van der Waals surface area contributed by atoms with Crippen LogP contribution in [0.2, 0.25) is 0 Å². The summed E-state index contributed by atoms with van der Waals surface area (Å²) in [7, 11) is -1.41. The van der Waals surface area contributed by atoms with E-state index in [9.17, 15) is 14.1 Å². The van der Waals surface area contributed by atoms with Crippen molar-refractivity contribution in [3.05, 3.63) is 58.3 Å². The van der Waals surface area contributed by atoms with E-state index in [0.29, 0.717) is 12.2 Å². The van der Waals surface area contributed by atoms with Crippen LogP contribution in [0, 0.1) is 0 Å². The van der Waals surface area contributed by atoms with Crippen molar-refractivity contribution < 1.29 is 14.1 Å².